The van der Waals surface area contributed by atoms with Crippen molar-refractivity contribution in [2.75, 3.05) is 11.4 Å². The molecule has 1 heterocycles. The van der Waals surface area contributed by atoms with Crippen LogP contribution >= 0.6 is 23.2 Å². The molecule has 0 aromatic heterocycles. The fraction of sp³-hybridized carbons (Fsp3) is 0.238. The molecule has 2 aromatic carbocycles. The number of fused-ring (bicyclic) bond motifs is 1. The second-order valence-corrected chi connectivity index (χ2v) is 7.72. The standard InChI is InChI=1S/C21H19Cl2NO4/c1-12(2)11-24-17-8-7-13(22)9-15(17)20(14-5-3-4-6-16(14)23)28-18(21(24)27)10-19(25)26/h3-10,12,20H,11H2,1-2H3,(H,25,26)/b18-10+. The van der Waals surface area contributed by atoms with E-state index in [2.05, 4.69) is 0 Å². The number of carboxylic acid groups (broad SMARTS) is 1. The third kappa shape index (κ3) is 4.16. The number of ether oxygens (including phenoxy) is 1. The van der Waals surface area contributed by atoms with Gasteiger partial charge in [0.2, 0.25) is 0 Å². The highest BCUT2D eigenvalue weighted by atomic mass is 35.5. The van der Waals surface area contributed by atoms with Gasteiger partial charge in [-0.05, 0) is 30.2 Å². The molecule has 0 fully saturated rings. The first kappa shape index (κ1) is 20.2. The average molecular weight is 420 g/mol. The van der Waals surface area contributed by atoms with Crippen molar-refractivity contribution in [2.45, 2.75) is 20.0 Å². The second kappa shape index (κ2) is 8.25. The molecule has 0 radical (unpaired) electrons. The van der Waals surface area contributed by atoms with E-state index in [1.165, 1.54) is 4.90 Å². The fourth-order valence-electron chi connectivity index (χ4n) is 3.14. The molecule has 1 amide bonds. The van der Waals surface area contributed by atoms with E-state index in [9.17, 15) is 14.7 Å². The van der Waals surface area contributed by atoms with Crippen LogP contribution in [0.4, 0.5) is 5.69 Å². The first-order chi connectivity index (χ1) is 13.3. The molecule has 0 saturated heterocycles. The molecule has 0 bridgehead atoms. The molecule has 1 unspecified atom stereocenters. The Hall–Kier alpha value is -2.50. The summed E-state index contributed by atoms with van der Waals surface area (Å²) in [5, 5.41) is 10.2. The maximum atomic E-state index is 13.1. The minimum Gasteiger partial charge on any atom is -0.478 e. The van der Waals surface area contributed by atoms with Crippen LogP contribution in [-0.2, 0) is 14.3 Å². The zero-order valence-corrected chi connectivity index (χ0v) is 16.9. The lowest BCUT2D eigenvalue weighted by atomic mass is 9.99. The summed E-state index contributed by atoms with van der Waals surface area (Å²) in [6.45, 7) is 4.34. The normalized spacial score (nSPS) is 18.0. The van der Waals surface area contributed by atoms with Gasteiger partial charge < -0.3 is 14.7 Å². The topological polar surface area (TPSA) is 66.8 Å². The Bertz CT molecular complexity index is 955. The molecule has 1 aliphatic rings. The molecule has 0 spiro atoms. The Labute approximate surface area is 173 Å². The molecule has 1 aliphatic heterocycles. The third-order valence-corrected chi connectivity index (χ3v) is 4.83. The van der Waals surface area contributed by atoms with Gasteiger partial charge in [-0.2, -0.15) is 0 Å². The zero-order chi connectivity index (χ0) is 20.4. The molecule has 0 saturated carbocycles. The molecule has 0 aliphatic carbocycles. The number of halogens is 2. The van der Waals surface area contributed by atoms with Crippen LogP contribution in [0.5, 0.6) is 0 Å². The predicted octanol–water partition coefficient (Wildman–Crippen LogP) is 5.07. The molecular weight excluding hydrogens is 401 g/mol. The minimum absolute atomic E-state index is 0.149. The van der Waals surface area contributed by atoms with E-state index >= 15 is 0 Å². The Morgan fingerprint density at radius 3 is 2.57 bits per heavy atom. The summed E-state index contributed by atoms with van der Waals surface area (Å²) in [5.41, 5.74) is 1.87. The van der Waals surface area contributed by atoms with Crippen molar-refractivity contribution in [3.8, 4) is 0 Å². The number of carbonyl (C=O) groups excluding carboxylic acids is 1. The van der Waals surface area contributed by atoms with Gasteiger partial charge in [-0.25, -0.2) is 4.79 Å². The van der Waals surface area contributed by atoms with Gasteiger partial charge in [-0.1, -0.05) is 55.2 Å². The molecule has 1 N–H and O–H groups in total. The fourth-order valence-corrected chi connectivity index (χ4v) is 3.55. The van der Waals surface area contributed by atoms with Gasteiger partial charge in [0.1, 0.15) is 0 Å². The van der Waals surface area contributed by atoms with Crippen LogP contribution < -0.4 is 4.90 Å². The highest BCUT2D eigenvalue weighted by molar-refractivity contribution is 6.31. The van der Waals surface area contributed by atoms with Gasteiger partial charge in [-0.3, -0.25) is 4.79 Å². The van der Waals surface area contributed by atoms with E-state index in [4.69, 9.17) is 27.9 Å². The van der Waals surface area contributed by atoms with Gasteiger partial charge in [0, 0.05) is 27.7 Å². The highest BCUT2D eigenvalue weighted by Gasteiger charge is 2.35. The summed E-state index contributed by atoms with van der Waals surface area (Å²) in [6.07, 6.45) is 0.00148. The SMILES string of the molecule is CC(C)CN1C(=O)/C(=C\C(=O)O)OC(c2ccccc2Cl)c2cc(Cl)ccc21. The summed E-state index contributed by atoms with van der Waals surface area (Å²) in [6, 6.07) is 12.2. The second-order valence-electron chi connectivity index (χ2n) is 6.88. The number of nitrogens with zero attached hydrogens (tertiary/aromatic N) is 1. The van der Waals surface area contributed by atoms with Crippen LogP contribution in [0.3, 0.4) is 0 Å². The summed E-state index contributed by atoms with van der Waals surface area (Å²) in [4.78, 5) is 26.0. The van der Waals surface area contributed by atoms with Crippen molar-refractivity contribution in [3.63, 3.8) is 0 Å². The quantitative estimate of drug-likeness (QED) is 0.702. The number of carbonyl (C=O) groups is 2. The van der Waals surface area contributed by atoms with Crippen LogP contribution in [0.2, 0.25) is 10.0 Å². The Balaban J connectivity index is 2.27. The average Bonchev–Trinajstić information content (AvgIpc) is 2.72. The van der Waals surface area contributed by atoms with Crippen LogP contribution in [0.1, 0.15) is 31.1 Å². The summed E-state index contributed by atoms with van der Waals surface area (Å²) in [7, 11) is 0. The molecule has 2 aromatic rings. The van der Waals surface area contributed by atoms with Gasteiger partial charge in [-0.15, -0.1) is 0 Å². The maximum Gasteiger partial charge on any atom is 0.332 e. The first-order valence-corrected chi connectivity index (χ1v) is 9.50. The van der Waals surface area contributed by atoms with Gasteiger partial charge in [0.15, 0.2) is 11.9 Å². The van der Waals surface area contributed by atoms with Crippen LogP contribution in [0, 0.1) is 5.92 Å². The number of hydrogen-bond donors (Lipinski definition) is 1. The van der Waals surface area contributed by atoms with Crippen molar-refractivity contribution in [1.82, 2.24) is 0 Å². The van der Waals surface area contributed by atoms with Gasteiger partial charge in [0.05, 0.1) is 11.8 Å². The van der Waals surface area contributed by atoms with E-state index in [1.807, 2.05) is 13.8 Å². The van der Waals surface area contributed by atoms with E-state index < -0.39 is 18.0 Å². The number of carboxylic acids is 1. The molecule has 5 nitrogen and oxygen atoms in total. The van der Waals surface area contributed by atoms with E-state index in [0.717, 1.165) is 6.08 Å². The van der Waals surface area contributed by atoms with Crippen LogP contribution in [0.15, 0.2) is 54.3 Å². The summed E-state index contributed by atoms with van der Waals surface area (Å²) < 4.78 is 5.94. The summed E-state index contributed by atoms with van der Waals surface area (Å²) in [5.74, 6) is -1.90. The molecule has 146 valence electrons. The highest BCUT2D eigenvalue weighted by Crippen LogP contribution is 2.42. The third-order valence-electron chi connectivity index (χ3n) is 4.25. The lowest BCUT2D eigenvalue weighted by Gasteiger charge is -2.24. The number of aliphatic carboxylic acids is 1. The lowest BCUT2D eigenvalue weighted by Crippen LogP contribution is -2.35. The smallest absolute Gasteiger partial charge is 0.332 e. The van der Waals surface area contributed by atoms with Gasteiger partial charge in [0.25, 0.3) is 5.91 Å². The van der Waals surface area contributed by atoms with Crippen molar-refractivity contribution in [1.29, 1.82) is 0 Å². The number of benzene rings is 2. The lowest BCUT2D eigenvalue weighted by molar-refractivity contribution is -0.132. The molecular formula is C21H19Cl2NO4. The largest absolute Gasteiger partial charge is 0.478 e. The van der Waals surface area contributed by atoms with Crippen LogP contribution in [-0.4, -0.2) is 23.5 Å². The minimum atomic E-state index is -1.27. The Kier molecular flexibility index (Phi) is 5.96. The number of rotatable bonds is 4. The Morgan fingerprint density at radius 1 is 1.21 bits per heavy atom. The molecule has 3 rings (SSSR count). The zero-order valence-electron chi connectivity index (χ0n) is 15.4. The Morgan fingerprint density at radius 2 is 1.93 bits per heavy atom. The molecule has 28 heavy (non-hydrogen) atoms. The molecule has 7 heteroatoms. The number of anilines is 1. The van der Waals surface area contributed by atoms with Crippen molar-refractivity contribution >= 4 is 40.8 Å². The molecule has 1 atom stereocenters. The van der Waals surface area contributed by atoms with E-state index in [1.54, 1.807) is 42.5 Å². The van der Waals surface area contributed by atoms with Crippen molar-refractivity contribution < 1.29 is 19.4 Å². The summed E-state index contributed by atoms with van der Waals surface area (Å²) >= 11 is 12.6. The first-order valence-electron chi connectivity index (χ1n) is 8.75. The van der Waals surface area contributed by atoms with Crippen molar-refractivity contribution in [3.05, 3.63) is 75.5 Å². The number of amides is 1. The van der Waals surface area contributed by atoms with Crippen molar-refractivity contribution in [2.24, 2.45) is 5.92 Å². The monoisotopic (exact) mass is 419 g/mol. The maximum absolute atomic E-state index is 13.1. The van der Waals surface area contributed by atoms with E-state index in [-0.39, 0.29) is 11.7 Å². The number of hydrogen-bond acceptors (Lipinski definition) is 3. The van der Waals surface area contributed by atoms with Gasteiger partial charge >= 0.3 is 5.97 Å². The van der Waals surface area contributed by atoms with Crippen LogP contribution in [0.25, 0.3) is 0 Å². The predicted molar refractivity (Wildman–Crippen MR) is 109 cm³/mol. The van der Waals surface area contributed by atoms with E-state index in [0.29, 0.717) is 33.4 Å².